The second-order valence-corrected chi connectivity index (χ2v) is 7.88. The van der Waals surface area contributed by atoms with Crippen LogP contribution >= 0.6 is 0 Å². The summed E-state index contributed by atoms with van der Waals surface area (Å²) in [6, 6.07) is 4.18. The number of ether oxygens (including phenoxy) is 3. The Morgan fingerprint density at radius 1 is 0.963 bits per heavy atom. The number of methoxy groups -OCH3 is 2. The quantitative estimate of drug-likeness (QED) is 0.738. The highest BCUT2D eigenvalue weighted by Gasteiger charge is 2.35. The van der Waals surface area contributed by atoms with E-state index < -0.39 is 23.2 Å². The van der Waals surface area contributed by atoms with E-state index in [1.807, 2.05) is 34.6 Å². The molecule has 1 rings (SSSR count). The lowest BCUT2D eigenvalue weighted by Gasteiger charge is -2.31. The number of hydrogen-bond donors (Lipinski definition) is 1. The van der Waals surface area contributed by atoms with Crippen molar-refractivity contribution in [3.8, 4) is 11.5 Å². The maximum atomic E-state index is 13.1. The fraction of sp³-hybridized carbons (Fsp3) is 0.619. The molecule has 1 aromatic rings. The van der Waals surface area contributed by atoms with E-state index in [0.29, 0.717) is 17.1 Å². The summed E-state index contributed by atoms with van der Waals surface area (Å²) in [5.41, 5.74) is -0.786. The molecule has 1 unspecified atom stereocenters. The Hall–Kier alpha value is -2.24. The van der Waals surface area contributed by atoms with Gasteiger partial charge in [0.05, 0.1) is 19.8 Å². The van der Waals surface area contributed by atoms with Crippen LogP contribution in [0.15, 0.2) is 18.2 Å². The van der Waals surface area contributed by atoms with Crippen LogP contribution in [0.1, 0.15) is 65.7 Å². The van der Waals surface area contributed by atoms with Crippen molar-refractivity contribution in [3.63, 3.8) is 0 Å². The van der Waals surface area contributed by atoms with E-state index in [0.717, 1.165) is 0 Å². The number of rotatable bonds is 5. The molecule has 6 heteroatoms. The minimum atomic E-state index is -0.773. The van der Waals surface area contributed by atoms with Crippen LogP contribution in [0.5, 0.6) is 11.5 Å². The Kier molecular flexibility index (Phi) is 9.34. The molecule has 0 aliphatic rings. The molecule has 1 aromatic carbocycles. The highest BCUT2D eigenvalue weighted by Crippen LogP contribution is 2.30. The van der Waals surface area contributed by atoms with Crippen LogP contribution in [-0.2, 0) is 4.74 Å². The minimum Gasteiger partial charge on any atom is -0.497 e. The van der Waals surface area contributed by atoms with Crippen LogP contribution < -0.4 is 14.8 Å². The van der Waals surface area contributed by atoms with Gasteiger partial charge in [0.15, 0.2) is 5.78 Å². The molecule has 0 aliphatic heterocycles. The maximum absolute atomic E-state index is 13.1. The number of carbonyl (C=O) groups is 2. The average Bonchev–Trinajstić information content (AvgIpc) is 2.57. The van der Waals surface area contributed by atoms with E-state index in [1.54, 1.807) is 39.0 Å². The molecule has 6 nitrogen and oxygen atoms in total. The maximum Gasteiger partial charge on any atom is 0.408 e. The molecule has 0 heterocycles. The third-order valence-corrected chi connectivity index (χ3v) is 3.46. The van der Waals surface area contributed by atoms with Crippen LogP contribution in [-0.4, -0.2) is 37.7 Å². The largest absolute Gasteiger partial charge is 0.497 e. The summed E-state index contributed by atoms with van der Waals surface area (Å²) >= 11 is 0. The molecule has 27 heavy (non-hydrogen) atoms. The van der Waals surface area contributed by atoms with Gasteiger partial charge in [-0.1, -0.05) is 34.6 Å². The van der Waals surface area contributed by atoms with Crippen molar-refractivity contribution < 1.29 is 23.8 Å². The molecular weight excluding hydrogens is 346 g/mol. The predicted molar refractivity (Wildman–Crippen MR) is 108 cm³/mol. The van der Waals surface area contributed by atoms with Gasteiger partial charge in [-0.25, -0.2) is 4.79 Å². The first-order valence-electron chi connectivity index (χ1n) is 9.15. The highest BCUT2D eigenvalue weighted by atomic mass is 16.6. The number of nitrogens with one attached hydrogen (secondary N) is 1. The summed E-state index contributed by atoms with van der Waals surface area (Å²) in [5, 5.41) is 2.69. The van der Waals surface area contributed by atoms with Crippen LogP contribution in [0.4, 0.5) is 4.79 Å². The van der Waals surface area contributed by atoms with Crippen molar-refractivity contribution in [1.82, 2.24) is 5.32 Å². The molecule has 0 aromatic heterocycles. The first-order valence-corrected chi connectivity index (χ1v) is 9.15. The van der Waals surface area contributed by atoms with E-state index in [2.05, 4.69) is 5.32 Å². The minimum absolute atomic E-state index is 0.252. The highest BCUT2D eigenvalue weighted by molar-refractivity contribution is 6.04. The smallest absolute Gasteiger partial charge is 0.408 e. The van der Waals surface area contributed by atoms with Crippen molar-refractivity contribution in [2.75, 3.05) is 14.2 Å². The van der Waals surface area contributed by atoms with Gasteiger partial charge >= 0.3 is 6.09 Å². The zero-order chi connectivity index (χ0) is 21.4. The van der Waals surface area contributed by atoms with Crippen LogP contribution in [0.2, 0.25) is 0 Å². The molecule has 1 N–H and O–H groups in total. The van der Waals surface area contributed by atoms with Gasteiger partial charge in [0.25, 0.3) is 0 Å². The summed E-state index contributed by atoms with van der Waals surface area (Å²) in [5.74, 6) is 0.725. The number of amides is 1. The van der Waals surface area contributed by atoms with Gasteiger partial charge in [-0.05, 0) is 38.3 Å². The van der Waals surface area contributed by atoms with E-state index >= 15 is 0 Å². The summed E-state index contributed by atoms with van der Waals surface area (Å²) < 4.78 is 15.8. The standard InChI is InChI=1S/C19H29NO5.C2H6/c1-18(2,3)16(20-17(22)25-19(4,5)6)15(21)13-10-9-12(23-7)11-14(13)24-8;1-2/h9-11,16H,1-8H3,(H,20,22);1-2H3. The fourth-order valence-electron chi connectivity index (χ4n) is 2.26. The number of alkyl carbamates (subject to hydrolysis) is 1. The average molecular weight is 382 g/mol. The molecule has 0 fully saturated rings. The topological polar surface area (TPSA) is 73.9 Å². The van der Waals surface area contributed by atoms with E-state index in [1.165, 1.54) is 14.2 Å². The zero-order valence-electron chi connectivity index (χ0n) is 18.4. The Morgan fingerprint density at radius 2 is 1.52 bits per heavy atom. The molecule has 154 valence electrons. The Morgan fingerprint density at radius 3 is 1.93 bits per heavy atom. The summed E-state index contributed by atoms with van der Waals surface area (Å²) in [7, 11) is 3.03. The summed E-state index contributed by atoms with van der Waals surface area (Å²) in [6.45, 7) is 14.9. The van der Waals surface area contributed by atoms with E-state index in [9.17, 15) is 9.59 Å². The SMILES string of the molecule is CC.COc1ccc(C(=O)C(NC(=O)OC(C)(C)C)C(C)(C)C)c(OC)c1. The molecule has 1 atom stereocenters. The molecule has 0 saturated heterocycles. The van der Waals surface area contributed by atoms with Crippen molar-refractivity contribution in [3.05, 3.63) is 23.8 Å². The lowest BCUT2D eigenvalue weighted by molar-refractivity contribution is 0.0445. The Labute approximate surface area is 163 Å². The van der Waals surface area contributed by atoms with Crippen molar-refractivity contribution in [1.29, 1.82) is 0 Å². The van der Waals surface area contributed by atoms with Crippen LogP contribution in [0, 0.1) is 5.41 Å². The van der Waals surface area contributed by atoms with Crippen molar-refractivity contribution in [2.24, 2.45) is 5.41 Å². The predicted octanol–water partition coefficient (Wildman–Crippen LogP) is 4.85. The van der Waals surface area contributed by atoms with Crippen LogP contribution in [0.3, 0.4) is 0 Å². The second kappa shape index (κ2) is 10.2. The summed E-state index contributed by atoms with van der Waals surface area (Å²) in [6.07, 6.45) is -0.631. The van der Waals surface area contributed by atoms with Gasteiger partial charge in [0.2, 0.25) is 0 Å². The first kappa shape index (κ1) is 24.8. The van der Waals surface area contributed by atoms with Gasteiger partial charge in [-0.15, -0.1) is 0 Å². The first-order chi connectivity index (χ1) is 12.4. The normalized spacial score (nSPS) is 12.2. The monoisotopic (exact) mass is 381 g/mol. The molecule has 0 spiro atoms. The Bertz CT molecular complexity index is 626. The number of benzene rings is 1. The molecule has 0 aliphatic carbocycles. The lowest BCUT2D eigenvalue weighted by Crippen LogP contribution is -2.50. The number of ketones is 1. The molecule has 0 saturated carbocycles. The number of carbonyl (C=O) groups excluding carboxylic acids is 2. The van der Waals surface area contributed by atoms with Gasteiger partial charge in [-0.3, -0.25) is 4.79 Å². The van der Waals surface area contributed by atoms with Gasteiger partial charge in [-0.2, -0.15) is 0 Å². The second-order valence-electron chi connectivity index (χ2n) is 7.88. The zero-order valence-corrected chi connectivity index (χ0v) is 18.4. The number of Topliss-reactive ketones (excluding diaryl/α,β-unsaturated/α-hetero) is 1. The van der Waals surface area contributed by atoms with E-state index in [4.69, 9.17) is 14.2 Å². The number of hydrogen-bond acceptors (Lipinski definition) is 5. The third kappa shape index (κ3) is 7.89. The Balaban J connectivity index is 0.00000326. The van der Waals surface area contributed by atoms with Crippen molar-refractivity contribution in [2.45, 2.75) is 67.0 Å². The fourth-order valence-corrected chi connectivity index (χ4v) is 2.26. The van der Waals surface area contributed by atoms with Gasteiger partial charge in [0.1, 0.15) is 23.1 Å². The van der Waals surface area contributed by atoms with Gasteiger partial charge < -0.3 is 19.5 Å². The van der Waals surface area contributed by atoms with E-state index in [-0.39, 0.29) is 5.78 Å². The van der Waals surface area contributed by atoms with Crippen LogP contribution in [0.25, 0.3) is 0 Å². The van der Waals surface area contributed by atoms with Crippen molar-refractivity contribution >= 4 is 11.9 Å². The molecule has 0 bridgehead atoms. The lowest BCUT2D eigenvalue weighted by atomic mass is 9.82. The third-order valence-electron chi connectivity index (χ3n) is 3.46. The summed E-state index contributed by atoms with van der Waals surface area (Å²) in [4.78, 5) is 25.3. The van der Waals surface area contributed by atoms with Gasteiger partial charge in [0, 0.05) is 6.07 Å². The molecular formula is C21H35NO5. The molecule has 1 amide bonds. The molecule has 0 radical (unpaired) electrons.